The first kappa shape index (κ1) is 18.4. The standard InChI is InChI=1S/C17H27N3OS/c1-5-12-22-13-11-19-17(18-3)20(4)14-15-7-9-16(10-8-15)21-6-2/h5,7-10H,1,6,11-14H2,2-4H3,(H,18,19). The molecule has 0 radical (unpaired) electrons. The molecule has 0 fully saturated rings. The van der Waals surface area contributed by atoms with Crippen molar-refractivity contribution in [1.82, 2.24) is 10.2 Å². The van der Waals surface area contributed by atoms with Gasteiger partial charge in [-0.25, -0.2) is 0 Å². The number of aliphatic imine (C=N–C) groups is 1. The number of hydrogen-bond donors (Lipinski definition) is 1. The summed E-state index contributed by atoms with van der Waals surface area (Å²) in [5.41, 5.74) is 1.23. The number of hydrogen-bond acceptors (Lipinski definition) is 3. The molecule has 0 bridgehead atoms. The maximum absolute atomic E-state index is 5.46. The Labute approximate surface area is 138 Å². The molecule has 1 aromatic carbocycles. The van der Waals surface area contributed by atoms with Gasteiger partial charge in [-0.05, 0) is 24.6 Å². The molecular formula is C17H27N3OS. The zero-order chi connectivity index (χ0) is 16.2. The first-order chi connectivity index (χ1) is 10.7. The molecule has 1 N–H and O–H groups in total. The number of ether oxygens (including phenoxy) is 1. The smallest absolute Gasteiger partial charge is 0.193 e. The third kappa shape index (κ3) is 6.89. The van der Waals surface area contributed by atoms with E-state index in [4.69, 9.17) is 4.74 Å². The average Bonchev–Trinajstić information content (AvgIpc) is 2.53. The van der Waals surface area contributed by atoms with E-state index < -0.39 is 0 Å². The van der Waals surface area contributed by atoms with Crippen molar-refractivity contribution in [2.24, 2.45) is 4.99 Å². The van der Waals surface area contributed by atoms with Crippen LogP contribution >= 0.6 is 11.8 Å². The van der Waals surface area contributed by atoms with Gasteiger partial charge in [0.2, 0.25) is 0 Å². The molecule has 0 spiro atoms. The van der Waals surface area contributed by atoms with Crippen molar-refractivity contribution in [1.29, 1.82) is 0 Å². The Bertz CT molecular complexity index is 459. The van der Waals surface area contributed by atoms with Crippen molar-refractivity contribution in [3.8, 4) is 5.75 Å². The first-order valence-electron chi connectivity index (χ1n) is 7.53. The maximum Gasteiger partial charge on any atom is 0.193 e. The van der Waals surface area contributed by atoms with Crippen LogP contribution in [0.25, 0.3) is 0 Å². The normalized spacial score (nSPS) is 11.1. The summed E-state index contributed by atoms with van der Waals surface area (Å²) in [6.07, 6.45) is 1.93. The van der Waals surface area contributed by atoms with Crippen LogP contribution in [-0.2, 0) is 6.54 Å². The number of rotatable bonds is 9. The molecule has 0 saturated carbocycles. The topological polar surface area (TPSA) is 36.9 Å². The summed E-state index contributed by atoms with van der Waals surface area (Å²) in [4.78, 5) is 6.45. The molecule has 5 heteroatoms. The van der Waals surface area contributed by atoms with E-state index in [1.165, 1.54) is 5.56 Å². The molecule has 4 nitrogen and oxygen atoms in total. The zero-order valence-corrected chi connectivity index (χ0v) is 14.7. The van der Waals surface area contributed by atoms with E-state index in [0.717, 1.165) is 36.3 Å². The third-order valence-electron chi connectivity index (χ3n) is 2.99. The largest absolute Gasteiger partial charge is 0.494 e. The van der Waals surface area contributed by atoms with Crippen molar-refractivity contribution in [3.63, 3.8) is 0 Å². The minimum absolute atomic E-state index is 0.694. The van der Waals surface area contributed by atoms with E-state index in [1.807, 2.05) is 51.0 Å². The van der Waals surface area contributed by atoms with E-state index in [-0.39, 0.29) is 0 Å². The van der Waals surface area contributed by atoms with E-state index >= 15 is 0 Å². The van der Waals surface area contributed by atoms with Crippen LogP contribution < -0.4 is 10.1 Å². The average molecular weight is 321 g/mol. The molecular weight excluding hydrogens is 294 g/mol. The number of guanidine groups is 1. The number of nitrogens with zero attached hydrogens (tertiary/aromatic N) is 2. The van der Waals surface area contributed by atoms with Gasteiger partial charge in [0, 0.05) is 38.7 Å². The lowest BCUT2D eigenvalue weighted by Crippen LogP contribution is -2.39. The Kier molecular flexibility index (Phi) is 9.23. The monoisotopic (exact) mass is 321 g/mol. The van der Waals surface area contributed by atoms with Crippen molar-refractivity contribution < 1.29 is 4.74 Å². The van der Waals surface area contributed by atoms with Crippen molar-refractivity contribution in [2.45, 2.75) is 13.5 Å². The van der Waals surface area contributed by atoms with Crippen LogP contribution in [0.5, 0.6) is 5.75 Å². The van der Waals surface area contributed by atoms with Gasteiger partial charge in [0.1, 0.15) is 5.75 Å². The van der Waals surface area contributed by atoms with Crippen molar-refractivity contribution >= 4 is 17.7 Å². The van der Waals surface area contributed by atoms with Gasteiger partial charge in [0.25, 0.3) is 0 Å². The number of nitrogens with one attached hydrogen (secondary N) is 1. The molecule has 0 aromatic heterocycles. The molecule has 0 heterocycles. The molecule has 0 aliphatic heterocycles. The second kappa shape index (κ2) is 11.0. The van der Waals surface area contributed by atoms with E-state index in [2.05, 4.69) is 33.9 Å². The molecule has 1 aromatic rings. The molecule has 0 saturated heterocycles. The lowest BCUT2D eigenvalue weighted by atomic mass is 10.2. The summed E-state index contributed by atoms with van der Waals surface area (Å²) in [7, 11) is 3.86. The van der Waals surface area contributed by atoms with Gasteiger partial charge in [-0.2, -0.15) is 11.8 Å². The first-order valence-corrected chi connectivity index (χ1v) is 8.68. The lowest BCUT2D eigenvalue weighted by Gasteiger charge is -2.22. The maximum atomic E-state index is 5.46. The van der Waals surface area contributed by atoms with Crippen molar-refractivity contribution in [2.75, 3.05) is 38.8 Å². The quantitative estimate of drug-likeness (QED) is 0.328. The summed E-state index contributed by atoms with van der Waals surface area (Å²) in [5.74, 6) is 3.85. The summed E-state index contributed by atoms with van der Waals surface area (Å²) < 4.78 is 5.46. The van der Waals surface area contributed by atoms with Gasteiger partial charge in [-0.1, -0.05) is 18.2 Å². The predicted octanol–water partition coefficient (Wildman–Crippen LogP) is 3.01. The lowest BCUT2D eigenvalue weighted by molar-refractivity contribution is 0.340. The van der Waals surface area contributed by atoms with Gasteiger partial charge in [-0.3, -0.25) is 4.99 Å². The van der Waals surface area contributed by atoms with Crippen LogP contribution in [0, 0.1) is 0 Å². The molecule has 0 unspecified atom stereocenters. The number of thioether (sulfide) groups is 1. The highest BCUT2D eigenvalue weighted by molar-refractivity contribution is 7.99. The van der Waals surface area contributed by atoms with Crippen molar-refractivity contribution in [3.05, 3.63) is 42.5 Å². The third-order valence-corrected chi connectivity index (χ3v) is 3.96. The zero-order valence-electron chi connectivity index (χ0n) is 13.8. The highest BCUT2D eigenvalue weighted by atomic mass is 32.2. The Morgan fingerprint density at radius 1 is 1.41 bits per heavy atom. The fraction of sp³-hybridized carbons (Fsp3) is 0.471. The Balaban J connectivity index is 2.43. The van der Waals surface area contributed by atoms with Gasteiger partial charge >= 0.3 is 0 Å². The minimum atomic E-state index is 0.694. The minimum Gasteiger partial charge on any atom is -0.494 e. The van der Waals surface area contributed by atoms with Crippen LogP contribution in [0.2, 0.25) is 0 Å². The Hall–Kier alpha value is -1.62. The Morgan fingerprint density at radius 3 is 2.73 bits per heavy atom. The summed E-state index contributed by atoms with van der Waals surface area (Å²) >= 11 is 1.86. The molecule has 122 valence electrons. The van der Waals surface area contributed by atoms with Gasteiger partial charge in [0.15, 0.2) is 5.96 Å². The summed E-state index contributed by atoms with van der Waals surface area (Å²) in [6.45, 7) is 8.12. The molecule has 0 atom stereocenters. The number of benzene rings is 1. The molecule has 1 rings (SSSR count). The van der Waals surface area contributed by atoms with Crippen LogP contribution in [0.4, 0.5) is 0 Å². The van der Waals surface area contributed by atoms with E-state index in [9.17, 15) is 0 Å². The van der Waals surface area contributed by atoms with Gasteiger partial charge in [-0.15, -0.1) is 6.58 Å². The molecule has 0 amide bonds. The van der Waals surface area contributed by atoms with Crippen LogP contribution in [-0.4, -0.2) is 49.6 Å². The highest BCUT2D eigenvalue weighted by Gasteiger charge is 2.06. The van der Waals surface area contributed by atoms with Crippen LogP contribution in [0.1, 0.15) is 12.5 Å². The van der Waals surface area contributed by atoms with Gasteiger partial charge < -0.3 is 15.0 Å². The highest BCUT2D eigenvalue weighted by Crippen LogP contribution is 2.13. The fourth-order valence-corrected chi connectivity index (χ4v) is 2.57. The molecule has 0 aliphatic rings. The predicted molar refractivity (Wildman–Crippen MR) is 98.0 cm³/mol. The molecule has 22 heavy (non-hydrogen) atoms. The second-order valence-electron chi connectivity index (χ2n) is 4.77. The fourth-order valence-electron chi connectivity index (χ4n) is 1.99. The Morgan fingerprint density at radius 2 is 2.14 bits per heavy atom. The molecule has 0 aliphatic carbocycles. The second-order valence-corrected chi connectivity index (χ2v) is 5.92. The van der Waals surface area contributed by atoms with E-state index in [1.54, 1.807) is 0 Å². The van der Waals surface area contributed by atoms with E-state index in [0.29, 0.717) is 6.61 Å². The summed E-state index contributed by atoms with van der Waals surface area (Å²) in [6, 6.07) is 8.20. The van der Waals surface area contributed by atoms with Gasteiger partial charge in [0.05, 0.1) is 6.61 Å². The summed E-state index contributed by atoms with van der Waals surface area (Å²) in [5, 5.41) is 3.38. The van der Waals surface area contributed by atoms with Crippen LogP contribution in [0.3, 0.4) is 0 Å². The SMILES string of the molecule is C=CCSCCNC(=NC)N(C)Cc1ccc(OCC)cc1. The van der Waals surface area contributed by atoms with Crippen LogP contribution in [0.15, 0.2) is 41.9 Å².